The molecule has 0 atom stereocenters. The molecule has 0 aromatic heterocycles. The van der Waals surface area contributed by atoms with Crippen LogP contribution in [0.15, 0.2) is 0 Å². The number of hydrogen-bond donors (Lipinski definition) is 1. The summed E-state index contributed by atoms with van der Waals surface area (Å²) in [4.78, 5) is 0. The highest BCUT2D eigenvalue weighted by molar-refractivity contribution is 7.91. The standard InChI is InChI=1S/C10H20ClNO2S/c1-2-15(13,14)8-7-12-9-10(3-4-10)5-6-11/h12H,2-9H2,1H3. The highest BCUT2D eigenvalue weighted by atomic mass is 35.5. The monoisotopic (exact) mass is 253 g/mol. The number of nitrogens with one attached hydrogen (secondary N) is 1. The van der Waals surface area contributed by atoms with Gasteiger partial charge in [-0.3, -0.25) is 0 Å². The van der Waals surface area contributed by atoms with Crippen LogP contribution >= 0.6 is 11.6 Å². The SMILES string of the molecule is CCS(=O)(=O)CCNCC1(CCCl)CC1. The summed E-state index contributed by atoms with van der Waals surface area (Å²) in [6.07, 6.45) is 3.50. The third-order valence-corrected chi connectivity index (χ3v) is 5.01. The number of hydrogen-bond acceptors (Lipinski definition) is 3. The zero-order valence-corrected chi connectivity index (χ0v) is 10.8. The first-order valence-corrected chi connectivity index (χ1v) is 7.86. The van der Waals surface area contributed by atoms with Crippen LogP contribution in [0, 0.1) is 5.41 Å². The first-order valence-electron chi connectivity index (χ1n) is 5.51. The number of halogens is 1. The van der Waals surface area contributed by atoms with E-state index in [1.54, 1.807) is 6.92 Å². The fourth-order valence-corrected chi connectivity index (χ4v) is 2.76. The fourth-order valence-electron chi connectivity index (χ4n) is 1.62. The first-order chi connectivity index (χ1) is 7.04. The lowest BCUT2D eigenvalue weighted by atomic mass is 10.0. The molecule has 0 aliphatic heterocycles. The summed E-state index contributed by atoms with van der Waals surface area (Å²) in [6, 6.07) is 0. The van der Waals surface area contributed by atoms with Gasteiger partial charge in [0.15, 0.2) is 9.84 Å². The van der Waals surface area contributed by atoms with Gasteiger partial charge in [-0.05, 0) is 24.7 Å². The second-order valence-corrected chi connectivity index (χ2v) is 7.20. The molecule has 0 spiro atoms. The highest BCUT2D eigenvalue weighted by Gasteiger charge is 2.41. The van der Waals surface area contributed by atoms with Gasteiger partial charge in [-0.2, -0.15) is 0 Å². The molecule has 0 aromatic rings. The molecule has 1 fully saturated rings. The zero-order chi connectivity index (χ0) is 11.4. The van der Waals surface area contributed by atoms with Crippen molar-refractivity contribution in [1.29, 1.82) is 0 Å². The van der Waals surface area contributed by atoms with E-state index in [0.29, 0.717) is 17.8 Å². The topological polar surface area (TPSA) is 46.2 Å². The summed E-state index contributed by atoms with van der Waals surface area (Å²) < 4.78 is 22.4. The predicted molar refractivity (Wildman–Crippen MR) is 64.2 cm³/mol. The summed E-state index contributed by atoms with van der Waals surface area (Å²) in [7, 11) is -2.82. The Morgan fingerprint density at radius 1 is 1.40 bits per heavy atom. The van der Waals surface area contributed by atoms with E-state index >= 15 is 0 Å². The minimum Gasteiger partial charge on any atom is -0.315 e. The van der Waals surface area contributed by atoms with Gasteiger partial charge in [0.25, 0.3) is 0 Å². The Balaban J connectivity index is 2.12. The van der Waals surface area contributed by atoms with Crippen molar-refractivity contribution in [3.05, 3.63) is 0 Å². The minimum atomic E-state index is -2.82. The van der Waals surface area contributed by atoms with Gasteiger partial charge < -0.3 is 5.32 Å². The molecule has 0 amide bonds. The van der Waals surface area contributed by atoms with Crippen molar-refractivity contribution in [1.82, 2.24) is 5.32 Å². The molecular formula is C10H20ClNO2S. The van der Waals surface area contributed by atoms with Gasteiger partial charge in [-0.1, -0.05) is 6.92 Å². The fraction of sp³-hybridized carbons (Fsp3) is 1.00. The minimum absolute atomic E-state index is 0.238. The van der Waals surface area contributed by atoms with Crippen molar-refractivity contribution < 1.29 is 8.42 Å². The average molecular weight is 254 g/mol. The van der Waals surface area contributed by atoms with E-state index in [0.717, 1.165) is 13.0 Å². The van der Waals surface area contributed by atoms with Crippen molar-refractivity contribution >= 4 is 21.4 Å². The van der Waals surface area contributed by atoms with Crippen molar-refractivity contribution in [2.24, 2.45) is 5.41 Å². The summed E-state index contributed by atoms with van der Waals surface area (Å²) >= 11 is 5.71. The lowest BCUT2D eigenvalue weighted by Gasteiger charge is -2.14. The maximum atomic E-state index is 11.2. The summed E-state index contributed by atoms with van der Waals surface area (Å²) in [6.45, 7) is 3.17. The lowest BCUT2D eigenvalue weighted by molar-refractivity contribution is 0.453. The molecule has 1 saturated carbocycles. The van der Waals surface area contributed by atoms with E-state index in [4.69, 9.17) is 11.6 Å². The Morgan fingerprint density at radius 2 is 2.07 bits per heavy atom. The van der Waals surface area contributed by atoms with Crippen molar-refractivity contribution in [3.8, 4) is 0 Å². The van der Waals surface area contributed by atoms with Crippen LogP contribution in [0.25, 0.3) is 0 Å². The molecule has 0 heterocycles. The first kappa shape index (κ1) is 13.3. The van der Waals surface area contributed by atoms with Gasteiger partial charge >= 0.3 is 0 Å². The number of rotatable bonds is 8. The summed E-state index contributed by atoms with van der Waals surface area (Å²) in [5.74, 6) is 1.19. The molecule has 90 valence electrons. The molecule has 15 heavy (non-hydrogen) atoms. The maximum Gasteiger partial charge on any atom is 0.151 e. The van der Waals surface area contributed by atoms with Crippen molar-refractivity contribution in [2.75, 3.05) is 30.5 Å². The van der Waals surface area contributed by atoms with Crippen molar-refractivity contribution in [2.45, 2.75) is 26.2 Å². The molecule has 0 aromatic carbocycles. The Morgan fingerprint density at radius 3 is 2.53 bits per heavy atom. The molecule has 5 heteroatoms. The average Bonchev–Trinajstić information content (AvgIpc) is 2.94. The largest absolute Gasteiger partial charge is 0.315 e. The molecular weight excluding hydrogens is 234 g/mol. The third-order valence-electron chi connectivity index (χ3n) is 3.11. The Kier molecular flexibility index (Phi) is 4.87. The second-order valence-electron chi connectivity index (χ2n) is 4.35. The van der Waals surface area contributed by atoms with Crippen LogP contribution in [-0.2, 0) is 9.84 Å². The van der Waals surface area contributed by atoms with Crippen LogP contribution < -0.4 is 5.32 Å². The van der Waals surface area contributed by atoms with Crippen LogP contribution in [0.4, 0.5) is 0 Å². The van der Waals surface area contributed by atoms with Gasteiger partial charge in [0, 0.05) is 24.7 Å². The third kappa shape index (κ3) is 4.70. The van der Waals surface area contributed by atoms with Crippen LogP contribution in [0.1, 0.15) is 26.2 Å². The molecule has 1 aliphatic carbocycles. The molecule has 0 radical (unpaired) electrons. The van der Waals surface area contributed by atoms with Gasteiger partial charge in [0.1, 0.15) is 0 Å². The molecule has 1 N–H and O–H groups in total. The summed E-state index contributed by atoms with van der Waals surface area (Å²) in [5, 5.41) is 3.23. The van der Waals surface area contributed by atoms with Gasteiger partial charge in [0.05, 0.1) is 5.75 Å². The van der Waals surface area contributed by atoms with E-state index in [1.165, 1.54) is 12.8 Å². The van der Waals surface area contributed by atoms with E-state index in [9.17, 15) is 8.42 Å². The molecule has 1 aliphatic rings. The Hall–Kier alpha value is 0.200. The van der Waals surface area contributed by atoms with Crippen LogP contribution in [0.2, 0.25) is 0 Å². The highest BCUT2D eigenvalue weighted by Crippen LogP contribution is 2.48. The van der Waals surface area contributed by atoms with E-state index in [1.807, 2.05) is 0 Å². The van der Waals surface area contributed by atoms with E-state index in [2.05, 4.69) is 5.32 Å². The van der Waals surface area contributed by atoms with E-state index < -0.39 is 9.84 Å². The molecule has 0 unspecified atom stereocenters. The lowest BCUT2D eigenvalue weighted by Crippen LogP contribution is -2.29. The Bertz CT molecular complexity index is 286. The zero-order valence-electron chi connectivity index (χ0n) is 9.26. The quantitative estimate of drug-likeness (QED) is 0.526. The maximum absolute atomic E-state index is 11.2. The Labute approximate surface area is 97.5 Å². The second kappa shape index (κ2) is 5.51. The van der Waals surface area contributed by atoms with Crippen LogP contribution in [0.5, 0.6) is 0 Å². The number of alkyl halides is 1. The summed E-state index contributed by atoms with van der Waals surface area (Å²) in [5.41, 5.74) is 0.387. The molecule has 0 saturated heterocycles. The van der Waals surface area contributed by atoms with Crippen molar-refractivity contribution in [3.63, 3.8) is 0 Å². The van der Waals surface area contributed by atoms with Gasteiger partial charge in [0.2, 0.25) is 0 Å². The smallest absolute Gasteiger partial charge is 0.151 e. The van der Waals surface area contributed by atoms with Gasteiger partial charge in [-0.25, -0.2) is 8.42 Å². The van der Waals surface area contributed by atoms with Gasteiger partial charge in [-0.15, -0.1) is 11.6 Å². The molecule has 1 rings (SSSR count). The van der Waals surface area contributed by atoms with E-state index in [-0.39, 0.29) is 11.5 Å². The van der Waals surface area contributed by atoms with Crippen LogP contribution in [-0.4, -0.2) is 38.9 Å². The predicted octanol–water partition coefficient (Wildman–Crippen LogP) is 1.42. The number of sulfone groups is 1. The van der Waals surface area contributed by atoms with Crippen LogP contribution in [0.3, 0.4) is 0 Å². The normalized spacial score (nSPS) is 19.1. The molecule has 0 bridgehead atoms. The molecule has 3 nitrogen and oxygen atoms in total.